The van der Waals surface area contributed by atoms with Crippen molar-refractivity contribution in [1.82, 2.24) is 0 Å². The standard InChI is InChI=1S/C14H23NO2S/c1-11(2)8-9-18(16)10-13(15)12-6-4-5-7-14(12)17-3/h4-7,11,13H,8-10,15H2,1-3H3. The quantitative estimate of drug-likeness (QED) is 0.827. The van der Waals surface area contributed by atoms with Crippen molar-refractivity contribution in [3.05, 3.63) is 29.8 Å². The zero-order valence-electron chi connectivity index (χ0n) is 11.4. The second-order valence-corrected chi connectivity index (χ2v) is 6.46. The van der Waals surface area contributed by atoms with Crippen molar-refractivity contribution in [2.24, 2.45) is 11.7 Å². The smallest absolute Gasteiger partial charge is 0.123 e. The molecule has 2 N–H and O–H groups in total. The number of rotatable bonds is 7. The minimum atomic E-state index is -0.862. The minimum absolute atomic E-state index is 0.228. The largest absolute Gasteiger partial charge is 0.496 e. The lowest BCUT2D eigenvalue weighted by atomic mass is 10.1. The number of hydrogen-bond donors (Lipinski definition) is 1. The van der Waals surface area contributed by atoms with Gasteiger partial charge in [-0.3, -0.25) is 4.21 Å². The average molecular weight is 269 g/mol. The Bertz CT molecular complexity index is 393. The van der Waals surface area contributed by atoms with Gasteiger partial charge in [0.05, 0.1) is 7.11 Å². The summed E-state index contributed by atoms with van der Waals surface area (Å²) in [6.45, 7) is 4.27. The summed E-state index contributed by atoms with van der Waals surface area (Å²) in [5.74, 6) is 2.57. The van der Waals surface area contributed by atoms with E-state index in [0.29, 0.717) is 11.7 Å². The first-order chi connectivity index (χ1) is 8.54. The fourth-order valence-electron chi connectivity index (χ4n) is 1.71. The highest BCUT2D eigenvalue weighted by molar-refractivity contribution is 7.85. The van der Waals surface area contributed by atoms with Crippen LogP contribution in [0.1, 0.15) is 31.9 Å². The summed E-state index contributed by atoms with van der Waals surface area (Å²) >= 11 is 0. The lowest BCUT2D eigenvalue weighted by Gasteiger charge is -2.15. The van der Waals surface area contributed by atoms with Gasteiger partial charge >= 0.3 is 0 Å². The van der Waals surface area contributed by atoms with Crippen molar-refractivity contribution in [3.8, 4) is 5.75 Å². The van der Waals surface area contributed by atoms with E-state index in [0.717, 1.165) is 23.5 Å². The van der Waals surface area contributed by atoms with Gasteiger partial charge in [0.1, 0.15) is 5.75 Å². The van der Waals surface area contributed by atoms with E-state index in [2.05, 4.69) is 13.8 Å². The van der Waals surface area contributed by atoms with Gasteiger partial charge < -0.3 is 10.5 Å². The maximum Gasteiger partial charge on any atom is 0.123 e. The van der Waals surface area contributed by atoms with Crippen LogP contribution in [0.3, 0.4) is 0 Å². The predicted octanol–water partition coefficient (Wildman–Crippen LogP) is 2.49. The Labute approximate surface area is 112 Å². The predicted molar refractivity (Wildman–Crippen MR) is 77.3 cm³/mol. The molecule has 0 aliphatic heterocycles. The summed E-state index contributed by atoms with van der Waals surface area (Å²) in [7, 11) is 0.764. The molecule has 0 saturated heterocycles. The molecule has 0 aliphatic carbocycles. The van der Waals surface area contributed by atoms with Crippen molar-refractivity contribution in [1.29, 1.82) is 0 Å². The van der Waals surface area contributed by atoms with Crippen molar-refractivity contribution in [3.63, 3.8) is 0 Å². The number of benzene rings is 1. The van der Waals surface area contributed by atoms with Gasteiger partial charge in [-0.25, -0.2) is 0 Å². The Morgan fingerprint density at radius 1 is 1.33 bits per heavy atom. The van der Waals surface area contributed by atoms with E-state index in [1.165, 1.54) is 0 Å². The third kappa shape index (κ3) is 4.78. The Morgan fingerprint density at radius 3 is 2.61 bits per heavy atom. The van der Waals surface area contributed by atoms with Crippen molar-refractivity contribution >= 4 is 10.8 Å². The first-order valence-corrected chi connectivity index (χ1v) is 7.76. The van der Waals surface area contributed by atoms with Crippen LogP contribution in [0.4, 0.5) is 0 Å². The van der Waals surface area contributed by atoms with Crippen LogP contribution in [-0.4, -0.2) is 22.8 Å². The minimum Gasteiger partial charge on any atom is -0.496 e. The molecule has 2 unspecified atom stereocenters. The van der Waals surface area contributed by atoms with Gasteiger partial charge in [0.25, 0.3) is 0 Å². The molecule has 0 aliphatic rings. The van der Waals surface area contributed by atoms with Gasteiger partial charge in [-0.15, -0.1) is 0 Å². The first kappa shape index (κ1) is 15.2. The average Bonchev–Trinajstić information content (AvgIpc) is 2.36. The van der Waals surface area contributed by atoms with Crippen molar-refractivity contribution < 1.29 is 8.95 Å². The zero-order valence-corrected chi connectivity index (χ0v) is 12.2. The molecule has 0 radical (unpaired) electrons. The molecule has 18 heavy (non-hydrogen) atoms. The Morgan fingerprint density at radius 2 is 2.00 bits per heavy atom. The van der Waals surface area contributed by atoms with E-state index in [1.54, 1.807) is 7.11 Å². The fourth-order valence-corrected chi connectivity index (χ4v) is 3.19. The number of hydrogen-bond acceptors (Lipinski definition) is 3. The molecule has 0 heterocycles. The first-order valence-electron chi connectivity index (χ1n) is 6.28. The lowest BCUT2D eigenvalue weighted by Crippen LogP contribution is -2.20. The molecule has 0 saturated carbocycles. The highest BCUT2D eigenvalue weighted by Gasteiger charge is 2.14. The molecule has 102 valence electrons. The molecule has 0 aromatic heterocycles. The molecule has 1 rings (SSSR count). The van der Waals surface area contributed by atoms with Crippen LogP contribution in [0.5, 0.6) is 5.75 Å². The third-order valence-corrected chi connectivity index (χ3v) is 4.25. The molecule has 0 fully saturated rings. The molecule has 4 heteroatoms. The van der Waals surface area contributed by atoms with Crippen molar-refractivity contribution in [2.45, 2.75) is 26.3 Å². The van der Waals surface area contributed by atoms with Gasteiger partial charge in [-0.2, -0.15) is 0 Å². The van der Waals surface area contributed by atoms with Crippen LogP contribution >= 0.6 is 0 Å². The second-order valence-electron chi connectivity index (χ2n) is 4.84. The monoisotopic (exact) mass is 269 g/mol. The molecule has 1 aromatic carbocycles. The Hall–Kier alpha value is -0.870. The molecule has 0 amide bonds. The second kappa shape index (κ2) is 7.54. The van der Waals surface area contributed by atoms with Crippen LogP contribution < -0.4 is 10.5 Å². The molecule has 3 nitrogen and oxygen atoms in total. The van der Waals surface area contributed by atoms with Gasteiger partial charge in [0.15, 0.2) is 0 Å². The number of ether oxygens (including phenoxy) is 1. The van der Waals surface area contributed by atoms with Crippen LogP contribution in [0.25, 0.3) is 0 Å². The van der Waals surface area contributed by atoms with Gasteiger partial charge in [0.2, 0.25) is 0 Å². The molecule has 1 aromatic rings. The summed E-state index contributed by atoms with van der Waals surface area (Å²) in [4.78, 5) is 0. The summed E-state index contributed by atoms with van der Waals surface area (Å²) in [5, 5.41) is 0. The number of methoxy groups -OCH3 is 1. The molecular weight excluding hydrogens is 246 g/mol. The molecule has 0 spiro atoms. The van der Waals surface area contributed by atoms with E-state index in [9.17, 15) is 4.21 Å². The molecular formula is C14H23NO2S. The van der Waals surface area contributed by atoms with Crippen LogP contribution in [0, 0.1) is 5.92 Å². The fraction of sp³-hybridized carbons (Fsp3) is 0.571. The van der Waals surface area contributed by atoms with E-state index in [1.807, 2.05) is 24.3 Å². The van der Waals surface area contributed by atoms with Crippen molar-refractivity contribution in [2.75, 3.05) is 18.6 Å². The van der Waals surface area contributed by atoms with Gasteiger partial charge in [0, 0.05) is 33.9 Å². The number of para-hydroxylation sites is 1. The highest BCUT2D eigenvalue weighted by atomic mass is 32.2. The third-order valence-electron chi connectivity index (χ3n) is 2.83. The van der Waals surface area contributed by atoms with E-state index in [4.69, 9.17) is 10.5 Å². The highest BCUT2D eigenvalue weighted by Crippen LogP contribution is 2.23. The lowest BCUT2D eigenvalue weighted by molar-refractivity contribution is 0.407. The summed E-state index contributed by atoms with van der Waals surface area (Å²) in [5.41, 5.74) is 7.03. The van der Waals surface area contributed by atoms with Crippen LogP contribution in [0.15, 0.2) is 24.3 Å². The van der Waals surface area contributed by atoms with Crippen LogP contribution in [-0.2, 0) is 10.8 Å². The van der Waals surface area contributed by atoms with Gasteiger partial charge in [-0.1, -0.05) is 32.0 Å². The zero-order chi connectivity index (χ0) is 13.5. The Kier molecular flexibility index (Phi) is 6.36. The maximum atomic E-state index is 11.9. The topological polar surface area (TPSA) is 52.3 Å². The summed E-state index contributed by atoms with van der Waals surface area (Å²) in [6.07, 6.45) is 0.977. The van der Waals surface area contributed by atoms with E-state index >= 15 is 0 Å². The van der Waals surface area contributed by atoms with E-state index < -0.39 is 10.8 Å². The summed E-state index contributed by atoms with van der Waals surface area (Å²) in [6, 6.07) is 7.42. The van der Waals surface area contributed by atoms with Crippen LogP contribution in [0.2, 0.25) is 0 Å². The molecule has 0 bridgehead atoms. The Balaban J connectivity index is 2.59. The maximum absolute atomic E-state index is 11.9. The number of nitrogens with two attached hydrogens (primary N) is 1. The van der Waals surface area contributed by atoms with Gasteiger partial charge in [-0.05, 0) is 18.4 Å². The normalized spacial score (nSPS) is 14.5. The SMILES string of the molecule is COc1ccccc1C(N)CS(=O)CCC(C)C. The molecule has 2 atom stereocenters. The summed E-state index contributed by atoms with van der Waals surface area (Å²) < 4.78 is 17.2. The van der Waals surface area contributed by atoms with E-state index in [-0.39, 0.29) is 6.04 Å².